The number of fused-ring (bicyclic) bond motifs is 4. The van der Waals surface area contributed by atoms with Gasteiger partial charge in [-0.2, -0.15) is 0 Å². The summed E-state index contributed by atoms with van der Waals surface area (Å²) in [6.07, 6.45) is 0. The molecule has 0 radical (unpaired) electrons. The molecule has 0 saturated carbocycles. The topological polar surface area (TPSA) is 55.2 Å². The van der Waals surface area contributed by atoms with Crippen LogP contribution in [-0.4, -0.2) is 47.2 Å². The number of likely N-dealkylation sites (N-methyl/N-ethyl adjacent to an activating group) is 1. The zero-order valence-corrected chi connectivity index (χ0v) is 16.5. The molecule has 0 aliphatic heterocycles. The molecule has 4 rings (SSSR count). The lowest BCUT2D eigenvalue weighted by molar-refractivity contribution is 0.271. The summed E-state index contributed by atoms with van der Waals surface area (Å²) in [4.78, 5) is 17.2. The molecule has 6 nitrogen and oxygen atoms in total. The van der Waals surface area contributed by atoms with Gasteiger partial charge in [-0.3, -0.25) is 10.3 Å². The van der Waals surface area contributed by atoms with Crippen LogP contribution in [0.15, 0.2) is 30.3 Å². The molecular weight excluding hydrogens is 338 g/mol. The zero-order valence-electron chi connectivity index (χ0n) is 16.5. The zero-order chi connectivity index (χ0) is 19.1. The maximum atomic E-state index is 5.07. The molecule has 4 aromatic rings. The van der Waals surface area contributed by atoms with E-state index in [4.69, 9.17) is 14.8 Å². The van der Waals surface area contributed by atoms with Gasteiger partial charge in [-0.15, -0.1) is 0 Å². The molecule has 0 amide bonds. The number of nitrogens with one attached hydrogen (secondary N) is 1. The first-order valence-electron chi connectivity index (χ1n) is 9.12. The fraction of sp³-hybridized carbons (Fsp3) is 0.333. The third-order valence-corrected chi connectivity index (χ3v) is 5.05. The number of benzene rings is 2. The maximum absolute atomic E-state index is 5.07. The van der Waals surface area contributed by atoms with Gasteiger partial charge in [-0.05, 0) is 69.4 Å². The van der Waals surface area contributed by atoms with Crippen molar-refractivity contribution < 1.29 is 4.84 Å². The van der Waals surface area contributed by atoms with Gasteiger partial charge in [0.2, 0.25) is 0 Å². The Morgan fingerprint density at radius 1 is 1.04 bits per heavy atom. The summed E-state index contributed by atoms with van der Waals surface area (Å²) in [5.74, 6) is 0. The van der Waals surface area contributed by atoms with Gasteiger partial charge in [0.15, 0.2) is 5.65 Å². The Hall–Kier alpha value is -2.70. The van der Waals surface area contributed by atoms with E-state index in [1.54, 1.807) is 7.11 Å². The highest BCUT2D eigenvalue weighted by Crippen LogP contribution is 2.31. The molecule has 0 aliphatic carbocycles. The summed E-state index contributed by atoms with van der Waals surface area (Å²) in [5, 5.41) is 1.08. The van der Waals surface area contributed by atoms with Crippen molar-refractivity contribution in [2.24, 2.45) is 0 Å². The van der Waals surface area contributed by atoms with Gasteiger partial charge < -0.3 is 9.47 Å². The second-order valence-corrected chi connectivity index (χ2v) is 7.31. The second-order valence-electron chi connectivity index (χ2n) is 7.31. The first kappa shape index (κ1) is 17.7. The minimum atomic E-state index is 0.856. The molecule has 6 heteroatoms. The molecule has 2 aromatic heterocycles. The lowest BCUT2D eigenvalue weighted by atomic mass is 10.1. The maximum Gasteiger partial charge on any atom is 0.160 e. The summed E-state index contributed by atoms with van der Waals surface area (Å²) in [5.41, 5.74) is 11.1. The number of rotatable bonds is 5. The molecule has 1 N–H and O–H groups in total. The van der Waals surface area contributed by atoms with E-state index in [-0.39, 0.29) is 0 Å². The quantitative estimate of drug-likeness (QED) is 0.545. The number of hydrogen-bond acceptors (Lipinski definition) is 5. The van der Waals surface area contributed by atoms with E-state index < -0.39 is 0 Å². The van der Waals surface area contributed by atoms with Crippen LogP contribution in [0.25, 0.3) is 33.1 Å². The fourth-order valence-electron chi connectivity index (χ4n) is 3.45. The van der Waals surface area contributed by atoms with E-state index in [9.17, 15) is 0 Å². The highest BCUT2D eigenvalue weighted by Gasteiger charge is 2.16. The summed E-state index contributed by atoms with van der Waals surface area (Å²) in [7, 11) is 5.78. The lowest BCUT2D eigenvalue weighted by Gasteiger charge is -2.12. The van der Waals surface area contributed by atoms with E-state index >= 15 is 0 Å². The molecule has 2 aromatic carbocycles. The molecule has 0 atom stereocenters. The third-order valence-electron chi connectivity index (χ3n) is 5.05. The van der Waals surface area contributed by atoms with Crippen molar-refractivity contribution in [2.75, 3.05) is 33.2 Å². The molecule has 2 heterocycles. The number of anilines is 1. The average Bonchev–Trinajstić information content (AvgIpc) is 2.92. The van der Waals surface area contributed by atoms with E-state index in [0.717, 1.165) is 51.9 Å². The van der Waals surface area contributed by atoms with Crippen molar-refractivity contribution in [1.82, 2.24) is 19.4 Å². The van der Waals surface area contributed by atoms with Gasteiger partial charge in [0.25, 0.3) is 0 Å². The van der Waals surface area contributed by atoms with Crippen molar-refractivity contribution in [2.45, 2.75) is 20.4 Å². The van der Waals surface area contributed by atoms with Gasteiger partial charge in [-0.1, -0.05) is 0 Å². The van der Waals surface area contributed by atoms with Crippen LogP contribution in [0.5, 0.6) is 0 Å². The molecule has 27 heavy (non-hydrogen) atoms. The van der Waals surface area contributed by atoms with Gasteiger partial charge in [0.05, 0.1) is 29.3 Å². The SMILES string of the molecule is CONc1ccc2c(c1)c1nc3cc(C)c(C)cc3nc1n2CCN(C)C. The van der Waals surface area contributed by atoms with Crippen LogP contribution in [0.4, 0.5) is 5.69 Å². The van der Waals surface area contributed by atoms with E-state index in [1.165, 1.54) is 11.1 Å². The fourth-order valence-corrected chi connectivity index (χ4v) is 3.45. The van der Waals surface area contributed by atoms with Crippen molar-refractivity contribution in [1.29, 1.82) is 0 Å². The number of nitrogens with zero attached hydrogens (tertiary/aromatic N) is 4. The Morgan fingerprint density at radius 2 is 1.74 bits per heavy atom. The Kier molecular flexibility index (Phi) is 4.45. The van der Waals surface area contributed by atoms with E-state index in [1.807, 2.05) is 6.07 Å². The van der Waals surface area contributed by atoms with Crippen LogP contribution in [0.3, 0.4) is 0 Å². The van der Waals surface area contributed by atoms with Crippen molar-refractivity contribution in [3.63, 3.8) is 0 Å². The molecule has 0 unspecified atom stereocenters. The van der Waals surface area contributed by atoms with Crippen LogP contribution in [0.1, 0.15) is 11.1 Å². The van der Waals surface area contributed by atoms with Crippen molar-refractivity contribution >= 4 is 38.8 Å². The van der Waals surface area contributed by atoms with Crippen LogP contribution < -0.4 is 5.48 Å². The average molecular weight is 363 g/mol. The van der Waals surface area contributed by atoms with Crippen LogP contribution in [0.2, 0.25) is 0 Å². The molecule has 0 saturated heterocycles. The Labute approximate surface area is 158 Å². The van der Waals surface area contributed by atoms with Gasteiger partial charge in [0, 0.05) is 18.5 Å². The minimum absolute atomic E-state index is 0.856. The molecule has 0 aliphatic rings. The Morgan fingerprint density at radius 3 is 2.41 bits per heavy atom. The number of aryl methyl sites for hydroxylation is 2. The molecule has 0 bridgehead atoms. The molecular formula is C21H25N5O. The van der Waals surface area contributed by atoms with E-state index in [2.05, 4.69) is 67.2 Å². The smallest absolute Gasteiger partial charge is 0.160 e. The summed E-state index contributed by atoms with van der Waals surface area (Å²) >= 11 is 0. The normalized spacial score (nSPS) is 11.9. The molecule has 0 spiro atoms. The summed E-state index contributed by atoms with van der Waals surface area (Å²) < 4.78 is 2.27. The Bertz CT molecular complexity index is 1150. The van der Waals surface area contributed by atoms with Crippen LogP contribution in [0, 0.1) is 13.8 Å². The first-order valence-corrected chi connectivity index (χ1v) is 9.12. The predicted octanol–water partition coefficient (Wildman–Crippen LogP) is 3.89. The van der Waals surface area contributed by atoms with Crippen molar-refractivity contribution in [3.05, 3.63) is 41.5 Å². The van der Waals surface area contributed by atoms with Gasteiger partial charge >= 0.3 is 0 Å². The predicted molar refractivity (Wildman–Crippen MR) is 111 cm³/mol. The van der Waals surface area contributed by atoms with Crippen molar-refractivity contribution in [3.8, 4) is 0 Å². The highest BCUT2D eigenvalue weighted by atomic mass is 16.6. The molecule has 140 valence electrons. The lowest BCUT2D eigenvalue weighted by Crippen LogP contribution is -2.18. The van der Waals surface area contributed by atoms with E-state index in [0.29, 0.717) is 0 Å². The monoisotopic (exact) mass is 363 g/mol. The highest BCUT2D eigenvalue weighted by molar-refractivity contribution is 6.07. The van der Waals surface area contributed by atoms with Crippen LogP contribution in [-0.2, 0) is 11.4 Å². The van der Waals surface area contributed by atoms with Crippen LogP contribution >= 0.6 is 0 Å². The first-order chi connectivity index (χ1) is 13.0. The second kappa shape index (κ2) is 6.79. The minimum Gasteiger partial charge on any atom is -0.323 e. The van der Waals surface area contributed by atoms with Gasteiger partial charge in [0.1, 0.15) is 5.52 Å². The summed E-state index contributed by atoms with van der Waals surface area (Å²) in [6, 6.07) is 10.5. The largest absolute Gasteiger partial charge is 0.323 e. The molecule has 0 fully saturated rings. The Balaban J connectivity index is 2.03. The van der Waals surface area contributed by atoms with Gasteiger partial charge in [-0.25, -0.2) is 9.97 Å². The standard InChI is InChI=1S/C21H25N5O/c1-13-10-17-18(11-14(13)2)23-21-20(22-17)16-12-15(24-27-5)6-7-19(16)26(21)9-8-25(3)4/h6-7,10-12,24H,8-9H2,1-5H3. The number of aromatic nitrogens is 3. The summed E-state index contributed by atoms with van der Waals surface area (Å²) in [6.45, 7) is 6.02. The number of hydrogen-bond donors (Lipinski definition) is 1. The third kappa shape index (κ3) is 3.11.